The third-order valence-electron chi connectivity index (χ3n) is 2.08. The molecule has 0 spiro atoms. The Hall–Kier alpha value is -1.07. The average Bonchev–Trinajstić information content (AvgIpc) is 2.15. The van der Waals surface area contributed by atoms with Crippen LogP contribution in [0.5, 0.6) is 0 Å². The number of hydrogen-bond acceptors (Lipinski definition) is 3. The van der Waals surface area contributed by atoms with Crippen molar-refractivity contribution in [1.82, 2.24) is 5.32 Å². The van der Waals surface area contributed by atoms with Crippen LogP contribution in [0, 0.1) is 0 Å². The first-order chi connectivity index (χ1) is 7.30. The van der Waals surface area contributed by atoms with Crippen LogP contribution in [0.4, 0.5) is 0 Å². The van der Waals surface area contributed by atoms with Crippen LogP contribution >= 0.6 is 10.7 Å². The van der Waals surface area contributed by atoms with Crippen molar-refractivity contribution in [3.63, 3.8) is 0 Å². The standard InChI is InChI=1S/C10H12ClNO3S/c1-7(12-8(2)13)9-3-5-10(6-4-9)16(11,14)15/h3-7H,1-2H3,(H,12,13). The lowest BCUT2D eigenvalue weighted by Crippen LogP contribution is -2.23. The largest absolute Gasteiger partial charge is 0.350 e. The van der Waals surface area contributed by atoms with Gasteiger partial charge in [0.05, 0.1) is 10.9 Å². The van der Waals surface area contributed by atoms with Gasteiger partial charge >= 0.3 is 0 Å². The summed E-state index contributed by atoms with van der Waals surface area (Å²) in [5.41, 5.74) is 0.819. The molecule has 0 heterocycles. The summed E-state index contributed by atoms with van der Waals surface area (Å²) in [5, 5.41) is 2.70. The van der Waals surface area contributed by atoms with Gasteiger partial charge in [-0.15, -0.1) is 0 Å². The van der Waals surface area contributed by atoms with Gasteiger partial charge in [-0.3, -0.25) is 4.79 Å². The lowest BCUT2D eigenvalue weighted by atomic mass is 10.1. The van der Waals surface area contributed by atoms with Crippen molar-refractivity contribution in [1.29, 1.82) is 0 Å². The Morgan fingerprint density at radius 2 is 1.81 bits per heavy atom. The number of carbonyl (C=O) groups is 1. The summed E-state index contributed by atoms with van der Waals surface area (Å²) in [4.78, 5) is 10.9. The van der Waals surface area contributed by atoms with Gasteiger partial charge in [0.1, 0.15) is 0 Å². The first kappa shape index (κ1) is 13.0. The number of amides is 1. The predicted molar refractivity (Wildman–Crippen MR) is 61.7 cm³/mol. The van der Waals surface area contributed by atoms with Gasteiger partial charge in [0.2, 0.25) is 5.91 Å². The van der Waals surface area contributed by atoms with Crippen molar-refractivity contribution in [2.24, 2.45) is 0 Å². The number of rotatable bonds is 3. The van der Waals surface area contributed by atoms with Crippen LogP contribution in [0.1, 0.15) is 25.5 Å². The van der Waals surface area contributed by atoms with Crippen LogP contribution in [0.25, 0.3) is 0 Å². The Labute approximate surface area is 99.0 Å². The zero-order valence-corrected chi connectivity index (χ0v) is 10.5. The number of halogens is 1. The van der Waals surface area contributed by atoms with E-state index in [0.29, 0.717) is 0 Å². The van der Waals surface area contributed by atoms with Crippen molar-refractivity contribution in [2.75, 3.05) is 0 Å². The third-order valence-corrected chi connectivity index (χ3v) is 3.45. The first-order valence-corrected chi connectivity index (χ1v) is 6.93. The Morgan fingerprint density at radius 1 is 1.31 bits per heavy atom. The molecule has 1 aromatic carbocycles. The monoisotopic (exact) mass is 261 g/mol. The van der Waals surface area contributed by atoms with Crippen LogP contribution in [-0.4, -0.2) is 14.3 Å². The minimum absolute atomic E-state index is 0.0490. The summed E-state index contributed by atoms with van der Waals surface area (Å²) >= 11 is 0. The van der Waals surface area contributed by atoms with Crippen molar-refractivity contribution in [3.05, 3.63) is 29.8 Å². The van der Waals surface area contributed by atoms with E-state index in [-0.39, 0.29) is 16.8 Å². The maximum atomic E-state index is 11.0. The molecular formula is C10H12ClNO3S. The molecule has 6 heteroatoms. The van der Waals surface area contributed by atoms with Gasteiger partial charge in [0.15, 0.2) is 0 Å². The molecule has 0 radical (unpaired) electrons. The second-order valence-corrected chi connectivity index (χ2v) is 6.00. The van der Waals surface area contributed by atoms with E-state index in [1.807, 2.05) is 6.92 Å². The lowest BCUT2D eigenvalue weighted by molar-refractivity contribution is -0.119. The van der Waals surface area contributed by atoms with Gasteiger partial charge in [0, 0.05) is 17.6 Å². The smallest absolute Gasteiger partial charge is 0.261 e. The van der Waals surface area contributed by atoms with Crippen molar-refractivity contribution in [2.45, 2.75) is 24.8 Å². The molecule has 0 aliphatic carbocycles. The second-order valence-electron chi connectivity index (χ2n) is 3.43. The van der Waals surface area contributed by atoms with Gasteiger partial charge in [-0.25, -0.2) is 8.42 Å². The fraction of sp³-hybridized carbons (Fsp3) is 0.300. The molecule has 0 aliphatic heterocycles. The Morgan fingerprint density at radius 3 is 2.19 bits per heavy atom. The highest BCUT2D eigenvalue weighted by Crippen LogP contribution is 2.18. The molecule has 0 bridgehead atoms. The maximum absolute atomic E-state index is 11.0. The second kappa shape index (κ2) is 4.84. The van der Waals surface area contributed by atoms with Gasteiger partial charge in [-0.1, -0.05) is 12.1 Å². The summed E-state index contributed by atoms with van der Waals surface area (Å²) in [6, 6.07) is 5.90. The summed E-state index contributed by atoms with van der Waals surface area (Å²) in [5.74, 6) is -0.137. The maximum Gasteiger partial charge on any atom is 0.261 e. The SMILES string of the molecule is CC(=O)NC(C)c1ccc(S(=O)(=O)Cl)cc1. The molecule has 1 aromatic rings. The highest BCUT2D eigenvalue weighted by Gasteiger charge is 2.11. The summed E-state index contributed by atoms with van der Waals surface area (Å²) < 4.78 is 22.0. The highest BCUT2D eigenvalue weighted by molar-refractivity contribution is 8.13. The van der Waals surface area contributed by atoms with Crippen LogP contribution in [0.15, 0.2) is 29.2 Å². The molecule has 1 atom stereocenters. The van der Waals surface area contributed by atoms with Gasteiger partial charge < -0.3 is 5.32 Å². The van der Waals surface area contributed by atoms with Crippen LogP contribution < -0.4 is 5.32 Å². The van der Waals surface area contributed by atoms with E-state index in [9.17, 15) is 13.2 Å². The fourth-order valence-electron chi connectivity index (χ4n) is 1.31. The predicted octanol–water partition coefficient (Wildman–Crippen LogP) is 1.81. The first-order valence-electron chi connectivity index (χ1n) is 4.62. The number of carbonyl (C=O) groups excluding carboxylic acids is 1. The summed E-state index contributed by atoms with van der Waals surface area (Å²) in [7, 11) is 1.49. The fourth-order valence-corrected chi connectivity index (χ4v) is 2.08. The molecule has 0 saturated carbocycles. The number of benzene rings is 1. The Balaban J connectivity index is 2.91. The van der Waals surface area contributed by atoms with E-state index in [1.165, 1.54) is 19.1 Å². The molecule has 0 aromatic heterocycles. The molecule has 0 fully saturated rings. The van der Waals surface area contributed by atoms with Crippen LogP contribution in [-0.2, 0) is 13.8 Å². The van der Waals surface area contributed by atoms with E-state index in [4.69, 9.17) is 10.7 Å². The number of hydrogen-bond donors (Lipinski definition) is 1. The average molecular weight is 262 g/mol. The molecule has 1 rings (SSSR count). The Kier molecular flexibility index (Phi) is 3.93. The molecule has 0 saturated heterocycles. The molecule has 16 heavy (non-hydrogen) atoms. The van der Waals surface area contributed by atoms with Gasteiger partial charge in [0.25, 0.3) is 9.05 Å². The van der Waals surface area contributed by atoms with Crippen molar-refractivity contribution >= 4 is 25.6 Å². The zero-order valence-electron chi connectivity index (χ0n) is 8.90. The molecule has 0 aliphatic rings. The van der Waals surface area contributed by atoms with Crippen molar-refractivity contribution < 1.29 is 13.2 Å². The summed E-state index contributed by atoms with van der Waals surface area (Å²) in [6.07, 6.45) is 0. The zero-order chi connectivity index (χ0) is 12.3. The van der Waals surface area contributed by atoms with E-state index in [1.54, 1.807) is 12.1 Å². The third kappa shape index (κ3) is 3.50. The minimum atomic E-state index is -3.68. The van der Waals surface area contributed by atoms with E-state index in [0.717, 1.165) is 5.56 Å². The number of nitrogens with one attached hydrogen (secondary N) is 1. The molecule has 1 N–H and O–H groups in total. The van der Waals surface area contributed by atoms with Crippen LogP contribution in [0.2, 0.25) is 0 Å². The van der Waals surface area contributed by atoms with Crippen LogP contribution in [0.3, 0.4) is 0 Å². The summed E-state index contributed by atoms with van der Waals surface area (Å²) in [6.45, 7) is 3.24. The molecule has 4 nitrogen and oxygen atoms in total. The van der Waals surface area contributed by atoms with Crippen molar-refractivity contribution in [3.8, 4) is 0 Å². The minimum Gasteiger partial charge on any atom is -0.350 e. The van der Waals surface area contributed by atoms with Gasteiger partial charge in [-0.05, 0) is 24.6 Å². The lowest BCUT2D eigenvalue weighted by Gasteiger charge is -2.12. The van der Waals surface area contributed by atoms with E-state index in [2.05, 4.69) is 5.32 Å². The molecule has 1 unspecified atom stereocenters. The van der Waals surface area contributed by atoms with Gasteiger partial charge in [-0.2, -0.15) is 0 Å². The molecular weight excluding hydrogens is 250 g/mol. The Bertz CT molecular complexity index is 481. The topological polar surface area (TPSA) is 63.2 Å². The van der Waals surface area contributed by atoms with E-state index < -0.39 is 9.05 Å². The molecule has 88 valence electrons. The van der Waals surface area contributed by atoms with E-state index >= 15 is 0 Å². The normalized spacial score (nSPS) is 13.2. The quantitative estimate of drug-likeness (QED) is 0.844. The highest BCUT2D eigenvalue weighted by atomic mass is 35.7. The molecule has 1 amide bonds.